The lowest BCUT2D eigenvalue weighted by molar-refractivity contribution is 0.442. The van der Waals surface area contributed by atoms with Crippen LogP contribution in [0.3, 0.4) is 0 Å². The van der Waals surface area contributed by atoms with Crippen LogP contribution in [0, 0.1) is 17.6 Å². The first-order chi connectivity index (χ1) is 9.40. The molecule has 0 fully saturated rings. The van der Waals surface area contributed by atoms with Crippen molar-refractivity contribution in [1.82, 2.24) is 4.72 Å². The van der Waals surface area contributed by atoms with Gasteiger partial charge in [0.15, 0.2) is 0 Å². The van der Waals surface area contributed by atoms with Crippen molar-refractivity contribution in [3.05, 3.63) is 29.8 Å². The average Bonchev–Trinajstić information content (AvgIpc) is 2.38. The van der Waals surface area contributed by atoms with Crippen LogP contribution < -0.4 is 4.72 Å². The summed E-state index contributed by atoms with van der Waals surface area (Å²) in [6, 6.07) is 2.45. The Morgan fingerprint density at radius 3 is 2.50 bits per heavy atom. The molecule has 1 unspecified atom stereocenters. The Labute approximate surface area is 119 Å². The molecule has 0 spiro atoms. The van der Waals surface area contributed by atoms with Crippen LogP contribution in [0.1, 0.15) is 39.5 Å². The van der Waals surface area contributed by atoms with Crippen LogP contribution in [0.5, 0.6) is 0 Å². The van der Waals surface area contributed by atoms with E-state index in [-0.39, 0.29) is 12.5 Å². The van der Waals surface area contributed by atoms with Gasteiger partial charge in [0, 0.05) is 12.6 Å². The minimum atomic E-state index is -3.93. The van der Waals surface area contributed by atoms with E-state index < -0.39 is 26.6 Å². The Morgan fingerprint density at radius 2 is 1.95 bits per heavy atom. The van der Waals surface area contributed by atoms with E-state index in [1.807, 2.05) is 6.92 Å². The zero-order valence-corrected chi connectivity index (χ0v) is 12.6. The van der Waals surface area contributed by atoms with E-state index >= 15 is 0 Å². The molecule has 0 bridgehead atoms. The van der Waals surface area contributed by atoms with Crippen LogP contribution in [-0.4, -0.2) is 15.0 Å². The van der Waals surface area contributed by atoms with Crippen molar-refractivity contribution in [3.8, 4) is 0 Å². The Hall–Kier alpha value is -1.01. The number of hydrogen-bond acceptors (Lipinski definition) is 2. The van der Waals surface area contributed by atoms with Gasteiger partial charge in [0.25, 0.3) is 0 Å². The lowest BCUT2D eigenvalue weighted by Crippen LogP contribution is -2.30. The van der Waals surface area contributed by atoms with Crippen molar-refractivity contribution in [2.75, 3.05) is 6.54 Å². The first-order valence-corrected chi connectivity index (χ1v) is 8.33. The normalized spacial score (nSPS) is 13.4. The first kappa shape index (κ1) is 17.0. The highest BCUT2D eigenvalue weighted by molar-refractivity contribution is 7.89. The van der Waals surface area contributed by atoms with E-state index in [0.29, 0.717) is 6.07 Å². The van der Waals surface area contributed by atoms with Gasteiger partial charge in [-0.15, -0.1) is 0 Å². The van der Waals surface area contributed by atoms with Crippen LogP contribution in [0.25, 0.3) is 0 Å². The maximum atomic E-state index is 13.5. The van der Waals surface area contributed by atoms with Crippen molar-refractivity contribution in [3.63, 3.8) is 0 Å². The van der Waals surface area contributed by atoms with Crippen LogP contribution in [0.2, 0.25) is 0 Å². The lowest BCUT2D eigenvalue weighted by Gasteiger charge is -2.15. The van der Waals surface area contributed by atoms with Gasteiger partial charge in [-0.05, 0) is 24.5 Å². The van der Waals surface area contributed by atoms with Gasteiger partial charge in [-0.25, -0.2) is 21.9 Å². The van der Waals surface area contributed by atoms with Gasteiger partial charge in [-0.2, -0.15) is 0 Å². The number of nitrogens with one attached hydrogen (secondary N) is 1. The summed E-state index contributed by atoms with van der Waals surface area (Å²) in [5.41, 5.74) is 0. The van der Waals surface area contributed by atoms with Gasteiger partial charge in [-0.3, -0.25) is 0 Å². The number of halogens is 2. The number of unbranched alkanes of at least 4 members (excludes halogenated alkanes) is 1. The van der Waals surface area contributed by atoms with Gasteiger partial charge >= 0.3 is 0 Å². The molecule has 20 heavy (non-hydrogen) atoms. The molecule has 1 aromatic rings. The second kappa shape index (κ2) is 7.69. The maximum absolute atomic E-state index is 13.5. The molecule has 0 saturated carbocycles. The first-order valence-electron chi connectivity index (χ1n) is 6.85. The molecule has 1 atom stereocenters. The van der Waals surface area contributed by atoms with Crippen molar-refractivity contribution in [2.45, 2.75) is 44.4 Å². The topological polar surface area (TPSA) is 46.2 Å². The van der Waals surface area contributed by atoms with Crippen LogP contribution in [-0.2, 0) is 10.0 Å². The molecule has 0 radical (unpaired) electrons. The highest BCUT2D eigenvalue weighted by Gasteiger charge is 2.20. The van der Waals surface area contributed by atoms with E-state index in [1.54, 1.807) is 0 Å². The summed E-state index contributed by atoms with van der Waals surface area (Å²) >= 11 is 0. The van der Waals surface area contributed by atoms with E-state index in [0.717, 1.165) is 37.8 Å². The lowest BCUT2D eigenvalue weighted by atomic mass is 10.00. The molecule has 0 aliphatic rings. The molecule has 1 aromatic carbocycles. The zero-order chi connectivity index (χ0) is 15.2. The second-order valence-corrected chi connectivity index (χ2v) is 6.58. The molecule has 114 valence electrons. The van der Waals surface area contributed by atoms with Crippen molar-refractivity contribution < 1.29 is 17.2 Å². The SMILES string of the molecule is CCCCC(CC)CNS(=O)(=O)c1ccc(F)cc1F. The smallest absolute Gasteiger partial charge is 0.211 e. The predicted octanol–water partition coefficient (Wildman–Crippen LogP) is 3.46. The summed E-state index contributed by atoms with van der Waals surface area (Å²) in [4.78, 5) is -0.510. The van der Waals surface area contributed by atoms with Crippen LogP contribution in [0.15, 0.2) is 23.1 Å². The molecular formula is C14H21F2NO2S. The molecule has 0 amide bonds. The third kappa shape index (κ3) is 4.83. The number of benzene rings is 1. The summed E-state index contributed by atoms with van der Waals surface area (Å²) in [5.74, 6) is -1.64. The largest absolute Gasteiger partial charge is 0.243 e. The summed E-state index contributed by atoms with van der Waals surface area (Å²) in [6.07, 6.45) is 3.87. The second-order valence-electron chi connectivity index (χ2n) is 4.84. The maximum Gasteiger partial charge on any atom is 0.243 e. The van der Waals surface area contributed by atoms with Crippen LogP contribution >= 0.6 is 0 Å². The molecule has 0 aromatic heterocycles. The van der Waals surface area contributed by atoms with Crippen LogP contribution in [0.4, 0.5) is 8.78 Å². The molecule has 3 nitrogen and oxygen atoms in total. The summed E-state index contributed by atoms with van der Waals surface area (Å²) in [7, 11) is -3.93. The summed E-state index contributed by atoms with van der Waals surface area (Å²) < 4.78 is 52.7. The fourth-order valence-electron chi connectivity index (χ4n) is 1.94. The zero-order valence-electron chi connectivity index (χ0n) is 11.8. The van der Waals surface area contributed by atoms with Crippen molar-refractivity contribution >= 4 is 10.0 Å². The van der Waals surface area contributed by atoms with E-state index in [9.17, 15) is 17.2 Å². The Kier molecular flexibility index (Phi) is 6.55. The van der Waals surface area contributed by atoms with Crippen molar-refractivity contribution in [1.29, 1.82) is 0 Å². The van der Waals surface area contributed by atoms with Gasteiger partial charge in [-0.1, -0.05) is 33.1 Å². The van der Waals surface area contributed by atoms with E-state index in [4.69, 9.17) is 0 Å². The summed E-state index contributed by atoms with van der Waals surface area (Å²) in [6.45, 7) is 4.34. The van der Waals surface area contributed by atoms with Gasteiger partial charge in [0.05, 0.1) is 0 Å². The predicted molar refractivity (Wildman–Crippen MR) is 74.9 cm³/mol. The molecule has 6 heteroatoms. The Balaban J connectivity index is 2.74. The fourth-order valence-corrected chi connectivity index (χ4v) is 3.12. The Morgan fingerprint density at radius 1 is 1.25 bits per heavy atom. The third-order valence-electron chi connectivity index (χ3n) is 3.29. The number of hydrogen-bond donors (Lipinski definition) is 1. The monoisotopic (exact) mass is 305 g/mol. The van der Waals surface area contributed by atoms with Crippen molar-refractivity contribution in [2.24, 2.45) is 5.92 Å². The quantitative estimate of drug-likeness (QED) is 0.799. The van der Waals surface area contributed by atoms with E-state index in [1.165, 1.54) is 0 Å². The summed E-state index contributed by atoms with van der Waals surface area (Å²) in [5, 5.41) is 0. The minimum absolute atomic E-state index is 0.230. The molecule has 0 aliphatic heterocycles. The molecule has 1 rings (SSSR count). The number of rotatable bonds is 8. The minimum Gasteiger partial charge on any atom is -0.211 e. The van der Waals surface area contributed by atoms with Gasteiger partial charge in [0.1, 0.15) is 16.5 Å². The van der Waals surface area contributed by atoms with Gasteiger partial charge < -0.3 is 0 Å². The van der Waals surface area contributed by atoms with E-state index in [2.05, 4.69) is 11.6 Å². The highest BCUT2D eigenvalue weighted by Crippen LogP contribution is 2.17. The molecular weight excluding hydrogens is 284 g/mol. The Bertz CT molecular complexity index is 532. The number of sulfonamides is 1. The fraction of sp³-hybridized carbons (Fsp3) is 0.571. The molecule has 1 N–H and O–H groups in total. The van der Waals surface area contributed by atoms with Gasteiger partial charge in [0.2, 0.25) is 10.0 Å². The highest BCUT2D eigenvalue weighted by atomic mass is 32.2. The third-order valence-corrected chi connectivity index (χ3v) is 4.75. The molecule has 0 saturated heterocycles. The average molecular weight is 305 g/mol. The standard InChI is InChI=1S/C14H21F2NO2S/c1-3-5-6-11(4-2)10-17-20(18,19)14-8-7-12(15)9-13(14)16/h7-9,11,17H,3-6,10H2,1-2H3. The molecule has 0 aliphatic carbocycles. The molecule has 0 heterocycles.